The van der Waals surface area contributed by atoms with E-state index in [0.29, 0.717) is 27.9 Å². The number of hydrogen-bond donors (Lipinski definition) is 0. The van der Waals surface area contributed by atoms with Gasteiger partial charge in [0.1, 0.15) is 18.2 Å². The summed E-state index contributed by atoms with van der Waals surface area (Å²) in [5.74, 6) is 0.236. The van der Waals surface area contributed by atoms with Gasteiger partial charge >= 0.3 is 0 Å². The predicted octanol–water partition coefficient (Wildman–Crippen LogP) is 6.62. The van der Waals surface area contributed by atoms with E-state index in [9.17, 15) is 4.39 Å². The largest absolute Gasteiger partial charge is 0.489 e. The lowest BCUT2D eigenvalue weighted by atomic mass is 10.1. The first-order valence-electron chi connectivity index (χ1n) is 9.02. The van der Waals surface area contributed by atoms with Crippen molar-refractivity contribution in [2.24, 2.45) is 0 Å². The van der Waals surface area contributed by atoms with Crippen molar-refractivity contribution < 1.29 is 9.13 Å². The maximum atomic E-state index is 13.9. The van der Waals surface area contributed by atoms with Gasteiger partial charge in [0.15, 0.2) is 0 Å². The molecule has 0 radical (unpaired) electrons. The molecule has 3 nitrogen and oxygen atoms in total. The van der Waals surface area contributed by atoms with Crippen LogP contribution in [0.2, 0.25) is 10.0 Å². The summed E-state index contributed by atoms with van der Waals surface area (Å²) in [4.78, 5) is 0. The van der Waals surface area contributed by atoms with Gasteiger partial charge in [0.2, 0.25) is 0 Å². The molecule has 6 heteroatoms. The van der Waals surface area contributed by atoms with E-state index in [1.54, 1.807) is 12.1 Å². The van der Waals surface area contributed by atoms with E-state index in [-0.39, 0.29) is 12.4 Å². The smallest absolute Gasteiger partial charge is 0.131 e. The molecule has 0 bridgehead atoms. The minimum Gasteiger partial charge on any atom is -0.489 e. The number of hydrogen-bond acceptors (Lipinski definition) is 2. The Hall–Kier alpha value is -2.82. The summed E-state index contributed by atoms with van der Waals surface area (Å²) in [5.41, 5.74) is 3.14. The zero-order chi connectivity index (χ0) is 20.2. The standard InChI is InChI=1S/C23H17Cl2FN2O/c24-18-6-1-4-16(12-18)14-28-11-10-23(27-28)17-5-2-7-19(13-17)29-15-20-21(25)8-3-9-22(20)26/h1-13H,14-15H2. The van der Waals surface area contributed by atoms with E-state index in [1.807, 2.05) is 65.5 Å². The molecule has 4 aromatic rings. The van der Waals surface area contributed by atoms with Crippen LogP contribution in [0.15, 0.2) is 79.0 Å². The molecule has 0 aliphatic rings. The fourth-order valence-electron chi connectivity index (χ4n) is 3.00. The van der Waals surface area contributed by atoms with Gasteiger partial charge in [-0.1, -0.05) is 53.5 Å². The lowest BCUT2D eigenvalue weighted by Crippen LogP contribution is -2.01. The summed E-state index contributed by atoms with van der Waals surface area (Å²) in [6.07, 6.45) is 1.92. The molecular weight excluding hydrogens is 410 g/mol. The Bertz CT molecular complexity index is 1120. The molecule has 0 atom stereocenters. The molecule has 146 valence electrons. The van der Waals surface area contributed by atoms with E-state index < -0.39 is 0 Å². The fourth-order valence-corrected chi connectivity index (χ4v) is 3.43. The van der Waals surface area contributed by atoms with Crippen LogP contribution in [0.1, 0.15) is 11.1 Å². The Balaban J connectivity index is 1.48. The Morgan fingerprint density at radius 3 is 2.59 bits per heavy atom. The van der Waals surface area contributed by atoms with Crippen LogP contribution in [0, 0.1) is 5.82 Å². The van der Waals surface area contributed by atoms with Crippen LogP contribution >= 0.6 is 23.2 Å². The van der Waals surface area contributed by atoms with E-state index in [4.69, 9.17) is 27.9 Å². The highest BCUT2D eigenvalue weighted by atomic mass is 35.5. The van der Waals surface area contributed by atoms with Crippen LogP contribution in [0.5, 0.6) is 5.75 Å². The van der Waals surface area contributed by atoms with Crippen LogP contribution in [-0.2, 0) is 13.2 Å². The van der Waals surface area contributed by atoms with Gasteiger partial charge in [-0.15, -0.1) is 0 Å². The molecule has 0 unspecified atom stereocenters. The van der Waals surface area contributed by atoms with Crippen molar-refractivity contribution in [1.82, 2.24) is 9.78 Å². The van der Waals surface area contributed by atoms with Gasteiger partial charge in [0.25, 0.3) is 0 Å². The number of rotatable bonds is 6. The maximum absolute atomic E-state index is 13.9. The molecule has 0 saturated carbocycles. The van der Waals surface area contributed by atoms with Gasteiger partial charge in [-0.25, -0.2) is 4.39 Å². The normalized spacial score (nSPS) is 10.9. The molecule has 0 aliphatic carbocycles. The van der Waals surface area contributed by atoms with Gasteiger partial charge in [-0.2, -0.15) is 5.10 Å². The minimum atomic E-state index is -0.381. The highest BCUT2D eigenvalue weighted by molar-refractivity contribution is 6.31. The number of ether oxygens (including phenoxy) is 1. The van der Waals surface area contributed by atoms with Crippen LogP contribution in [0.25, 0.3) is 11.3 Å². The second-order valence-corrected chi connectivity index (χ2v) is 7.39. The van der Waals surface area contributed by atoms with Crippen LogP contribution in [-0.4, -0.2) is 9.78 Å². The number of aromatic nitrogens is 2. The van der Waals surface area contributed by atoms with E-state index in [1.165, 1.54) is 6.07 Å². The third-order valence-electron chi connectivity index (χ3n) is 4.45. The topological polar surface area (TPSA) is 27.1 Å². The molecule has 1 aromatic heterocycles. The van der Waals surface area contributed by atoms with Crippen molar-refractivity contribution in [2.75, 3.05) is 0 Å². The quantitative estimate of drug-likeness (QED) is 0.346. The molecule has 1 heterocycles. The molecule has 0 amide bonds. The predicted molar refractivity (Wildman–Crippen MR) is 114 cm³/mol. The van der Waals surface area contributed by atoms with Gasteiger partial charge in [-0.05, 0) is 48.0 Å². The zero-order valence-corrected chi connectivity index (χ0v) is 16.9. The summed E-state index contributed by atoms with van der Waals surface area (Å²) in [6.45, 7) is 0.681. The van der Waals surface area contributed by atoms with Crippen molar-refractivity contribution in [3.05, 3.63) is 106 Å². The Morgan fingerprint density at radius 2 is 1.76 bits per heavy atom. The summed E-state index contributed by atoms with van der Waals surface area (Å²) in [5, 5.41) is 5.68. The first-order valence-corrected chi connectivity index (χ1v) is 9.78. The minimum absolute atomic E-state index is 0.0537. The van der Waals surface area contributed by atoms with Gasteiger partial charge in [0.05, 0.1) is 17.3 Å². The van der Waals surface area contributed by atoms with E-state index in [0.717, 1.165) is 16.8 Å². The van der Waals surface area contributed by atoms with E-state index >= 15 is 0 Å². The van der Waals surface area contributed by atoms with Gasteiger partial charge < -0.3 is 4.74 Å². The molecule has 0 spiro atoms. The Morgan fingerprint density at radius 1 is 0.931 bits per heavy atom. The average Bonchev–Trinajstić information content (AvgIpc) is 3.16. The summed E-state index contributed by atoms with van der Waals surface area (Å²) >= 11 is 12.1. The van der Waals surface area contributed by atoms with Crippen LogP contribution < -0.4 is 4.74 Å². The molecule has 0 aliphatic heterocycles. The van der Waals surface area contributed by atoms with Crippen molar-refractivity contribution in [1.29, 1.82) is 0 Å². The van der Waals surface area contributed by atoms with Crippen LogP contribution in [0.4, 0.5) is 4.39 Å². The Labute approximate surface area is 178 Å². The zero-order valence-electron chi connectivity index (χ0n) is 15.4. The Kier molecular flexibility index (Phi) is 5.84. The number of nitrogens with zero attached hydrogens (tertiary/aromatic N) is 2. The van der Waals surface area contributed by atoms with Crippen molar-refractivity contribution in [3.63, 3.8) is 0 Å². The lowest BCUT2D eigenvalue weighted by molar-refractivity contribution is 0.300. The average molecular weight is 427 g/mol. The lowest BCUT2D eigenvalue weighted by Gasteiger charge is -2.09. The summed E-state index contributed by atoms with van der Waals surface area (Å²) < 4.78 is 21.5. The second-order valence-electron chi connectivity index (χ2n) is 6.55. The molecule has 29 heavy (non-hydrogen) atoms. The number of benzene rings is 3. The second kappa shape index (κ2) is 8.68. The van der Waals surface area contributed by atoms with Gasteiger partial charge in [-0.3, -0.25) is 4.68 Å². The molecule has 3 aromatic carbocycles. The highest BCUT2D eigenvalue weighted by Gasteiger charge is 2.09. The van der Waals surface area contributed by atoms with Crippen molar-refractivity contribution in [3.8, 4) is 17.0 Å². The third-order valence-corrected chi connectivity index (χ3v) is 5.04. The molecule has 0 fully saturated rings. The first-order chi connectivity index (χ1) is 14.1. The summed E-state index contributed by atoms with van der Waals surface area (Å²) in [7, 11) is 0. The first kappa shape index (κ1) is 19.5. The van der Waals surface area contributed by atoms with Crippen LogP contribution in [0.3, 0.4) is 0 Å². The maximum Gasteiger partial charge on any atom is 0.131 e. The molecule has 4 rings (SSSR count). The van der Waals surface area contributed by atoms with Gasteiger partial charge in [0, 0.05) is 22.3 Å². The highest BCUT2D eigenvalue weighted by Crippen LogP contribution is 2.25. The van der Waals surface area contributed by atoms with Crippen molar-refractivity contribution in [2.45, 2.75) is 13.2 Å². The monoisotopic (exact) mass is 426 g/mol. The third kappa shape index (κ3) is 4.78. The summed E-state index contributed by atoms with van der Waals surface area (Å²) in [6, 6.07) is 21.8. The molecular formula is C23H17Cl2FN2O. The van der Waals surface area contributed by atoms with E-state index in [2.05, 4.69) is 5.10 Å². The van der Waals surface area contributed by atoms with Crippen molar-refractivity contribution >= 4 is 23.2 Å². The fraction of sp³-hybridized carbons (Fsp3) is 0.0870. The number of halogens is 3. The molecule has 0 saturated heterocycles. The SMILES string of the molecule is Fc1cccc(Cl)c1COc1cccc(-c2ccn(Cc3cccc(Cl)c3)n2)c1. The molecule has 0 N–H and O–H groups in total.